The molecule has 2 aromatic carbocycles. The van der Waals surface area contributed by atoms with E-state index in [2.05, 4.69) is 15.3 Å². The number of aryl methyl sites for hydroxylation is 1. The quantitative estimate of drug-likeness (QED) is 0.441. The summed E-state index contributed by atoms with van der Waals surface area (Å²) in [7, 11) is 1.66. The van der Waals surface area contributed by atoms with Crippen LogP contribution in [0, 0.1) is 12.7 Å². The molecule has 0 radical (unpaired) electrons. The fourth-order valence-electron chi connectivity index (χ4n) is 4.76. The second-order valence-electron chi connectivity index (χ2n) is 10.0. The standard InChI is InChI=1S/C27H31F3N4O3/c1-8-37-26(6)19-13-20-17(12-21(19)34(7)24(26)35)23(33-15(3)32-20)31-14(2)16-10-9-11-18(22(16)28)27(29,30)25(4,5)36/h9-14,36H,8H2,1-7H3,(H,31,32,33)/t14?,26-/m0/s1. The summed E-state index contributed by atoms with van der Waals surface area (Å²) < 4.78 is 50.8. The Hall–Kier alpha value is -3.24. The van der Waals surface area contributed by atoms with Gasteiger partial charge in [0.2, 0.25) is 0 Å². The molecule has 1 aliphatic rings. The second-order valence-corrected chi connectivity index (χ2v) is 10.0. The van der Waals surface area contributed by atoms with Gasteiger partial charge >= 0.3 is 5.92 Å². The molecule has 0 fully saturated rings. The molecule has 2 heterocycles. The molecular formula is C27H31F3N4O3. The first kappa shape index (κ1) is 26.8. The van der Waals surface area contributed by atoms with E-state index in [0.717, 1.165) is 19.9 Å². The number of hydrogen-bond acceptors (Lipinski definition) is 6. The van der Waals surface area contributed by atoms with Gasteiger partial charge in [-0.3, -0.25) is 4.79 Å². The van der Waals surface area contributed by atoms with Crippen LogP contribution in [0.15, 0.2) is 30.3 Å². The zero-order chi connectivity index (χ0) is 27.5. The van der Waals surface area contributed by atoms with Gasteiger partial charge in [0.1, 0.15) is 23.1 Å². The number of hydrogen-bond donors (Lipinski definition) is 2. The highest BCUT2D eigenvalue weighted by atomic mass is 19.3. The first-order valence-corrected chi connectivity index (χ1v) is 12.0. The fourth-order valence-corrected chi connectivity index (χ4v) is 4.76. The van der Waals surface area contributed by atoms with Crippen LogP contribution in [0.1, 0.15) is 63.2 Å². The molecule has 198 valence electrons. The first-order chi connectivity index (χ1) is 17.1. The highest BCUT2D eigenvalue weighted by Crippen LogP contribution is 2.45. The normalized spacial score (nSPS) is 18.9. The van der Waals surface area contributed by atoms with Crippen LogP contribution in [0.3, 0.4) is 0 Å². The molecule has 1 aromatic heterocycles. The Morgan fingerprint density at radius 1 is 1.24 bits per heavy atom. The summed E-state index contributed by atoms with van der Waals surface area (Å²) >= 11 is 0. The second kappa shape index (κ2) is 8.95. The number of aromatic nitrogens is 2. The Morgan fingerprint density at radius 3 is 2.54 bits per heavy atom. The maximum atomic E-state index is 15.4. The summed E-state index contributed by atoms with van der Waals surface area (Å²) in [5.74, 6) is -4.33. The van der Waals surface area contributed by atoms with Crippen molar-refractivity contribution in [3.8, 4) is 0 Å². The van der Waals surface area contributed by atoms with Gasteiger partial charge < -0.3 is 20.1 Å². The van der Waals surface area contributed by atoms with Gasteiger partial charge in [0.15, 0.2) is 5.60 Å². The van der Waals surface area contributed by atoms with E-state index in [4.69, 9.17) is 4.74 Å². The van der Waals surface area contributed by atoms with Crippen LogP contribution >= 0.6 is 0 Å². The number of nitrogens with zero attached hydrogens (tertiary/aromatic N) is 3. The number of ether oxygens (including phenoxy) is 1. The number of aliphatic hydroxyl groups is 1. The highest BCUT2D eigenvalue weighted by molar-refractivity contribution is 6.09. The molecule has 0 spiro atoms. The van der Waals surface area contributed by atoms with E-state index in [1.165, 1.54) is 17.0 Å². The maximum absolute atomic E-state index is 15.4. The predicted molar refractivity (Wildman–Crippen MR) is 135 cm³/mol. The van der Waals surface area contributed by atoms with Gasteiger partial charge in [-0.25, -0.2) is 14.4 Å². The van der Waals surface area contributed by atoms with E-state index in [1.54, 1.807) is 40.0 Å². The predicted octanol–water partition coefficient (Wildman–Crippen LogP) is 5.34. The molecule has 0 saturated heterocycles. The lowest BCUT2D eigenvalue weighted by Crippen LogP contribution is -2.41. The summed E-state index contributed by atoms with van der Waals surface area (Å²) in [4.78, 5) is 23.5. The third-order valence-electron chi connectivity index (χ3n) is 6.90. The van der Waals surface area contributed by atoms with E-state index < -0.39 is 34.5 Å². The smallest absolute Gasteiger partial charge is 0.303 e. The zero-order valence-electron chi connectivity index (χ0n) is 21.9. The van der Waals surface area contributed by atoms with Crippen LogP contribution in [0.25, 0.3) is 10.9 Å². The minimum absolute atomic E-state index is 0.0109. The molecule has 0 bridgehead atoms. The van der Waals surface area contributed by atoms with Crippen LogP contribution in [-0.4, -0.2) is 40.2 Å². The number of amides is 1. The maximum Gasteiger partial charge on any atom is 0.303 e. The van der Waals surface area contributed by atoms with Gasteiger partial charge in [0.05, 0.1) is 22.8 Å². The molecule has 37 heavy (non-hydrogen) atoms. The van der Waals surface area contributed by atoms with E-state index in [0.29, 0.717) is 40.4 Å². The number of halogens is 3. The molecular weight excluding hydrogens is 485 g/mol. The van der Waals surface area contributed by atoms with Crippen molar-refractivity contribution in [2.75, 3.05) is 23.9 Å². The molecule has 1 amide bonds. The van der Waals surface area contributed by atoms with Crippen LogP contribution in [-0.2, 0) is 21.1 Å². The lowest BCUT2D eigenvalue weighted by molar-refractivity contribution is -0.170. The average molecular weight is 517 g/mol. The summed E-state index contributed by atoms with van der Waals surface area (Å²) in [6.45, 7) is 9.09. The van der Waals surface area contributed by atoms with Crippen molar-refractivity contribution in [2.24, 2.45) is 0 Å². The molecule has 1 aliphatic heterocycles. The number of fused-ring (bicyclic) bond motifs is 2. The lowest BCUT2D eigenvalue weighted by Gasteiger charge is -2.30. The van der Waals surface area contributed by atoms with Crippen molar-refractivity contribution in [3.05, 3.63) is 58.7 Å². The van der Waals surface area contributed by atoms with Crippen LogP contribution in [0.2, 0.25) is 0 Å². The first-order valence-electron chi connectivity index (χ1n) is 12.0. The lowest BCUT2D eigenvalue weighted by atomic mass is 9.91. The zero-order valence-corrected chi connectivity index (χ0v) is 21.9. The minimum atomic E-state index is -3.81. The van der Waals surface area contributed by atoms with Crippen molar-refractivity contribution >= 4 is 28.3 Å². The Morgan fingerprint density at radius 2 is 1.92 bits per heavy atom. The number of carbonyl (C=O) groups is 1. The molecule has 4 rings (SSSR count). The van der Waals surface area contributed by atoms with Gasteiger partial charge in [-0.15, -0.1) is 0 Å². The fraction of sp³-hybridized carbons (Fsp3) is 0.444. The number of nitrogens with one attached hydrogen (secondary N) is 1. The monoisotopic (exact) mass is 516 g/mol. The Kier molecular flexibility index (Phi) is 6.49. The van der Waals surface area contributed by atoms with Gasteiger partial charge in [0.25, 0.3) is 5.91 Å². The number of anilines is 2. The van der Waals surface area contributed by atoms with Crippen LogP contribution < -0.4 is 10.2 Å². The number of carbonyl (C=O) groups excluding carboxylic acids is 1. The van der Waals surface area contributed by atoms with E-state index in [9.17, 15) is 18.7 Å². The average Bonchev–Trinajstić information content (AvgIpc) is 2.98. The molecule has 1 unspecified atom stereocenters. The molecule has 10 heteroatoms. The third kappa shape index (κ3) is 4.21. The molecule has 7 nitrogen and oxygen atoms in total. The largest absolute Gasteiger partial charge is 0.384 e. The molecule has 0 aliphatic carbocycles. The number of alkyl halides is 2. The van der Waals surface area contributed by atoms with E-state index in [-0.39, 0.29) is 11.5 Å². The molecule has 2 N–H and O–H groups in total. The number of benzene rings is 2. The van der Waals surface area contributed by atoms with Gasteiger partial charge in [-0.1, -0.05) is 12.1 Å². The third-order valence-corrected chi connectivity index (χ3v) is 6.90. The summed E-state index contributed by atoms with van der Waals surface area (Å²) in [5, 5.41) is 13.6. The SMILES string of the molecule is CCO[C@]1(C)C(=O)N(C)c2cc3c(NC(C)c4cccc(C(F)(F)C(C)(C)O)c4F)nc(C)nc3cc21. The number of rotatable bonds is 7. The Bertz CT molecular complexity index is 1390. The Balaban J connectivity index is 1.79. The van der Waals surface area contributed by atoms with Crippen molar-refractivity contribution in [3.63, 3.8) is 0 Å². The van der Waals surface area contributed by atoms with E-state index in [1.807, 2.05) is 6.92 Å². The summed E-state index contributed by atoms with van der Waals surface area (Å²) in [5.41, 5.74) is -2.64. The number of likely N-dealkylation sites (N-methyl/N-ethyl adjacent to an activating group) is 1. The Labute approximate surface area is 213 Å². The molecule has 3 aromatic rings. The van der Waals surface area contributed by atoms with Crippen molar-refractivity contribution in [2.45, 2.75) is 64.7 Å². The molecule has 0 saturated carbocycles. The summed E-state index contributed by atoms with van der Waals surface area (Å²) in [6.07, 6.45) is 0. The summed E-state index contributed by atoms with van der Waals surface area (Å²) in [6, 6.07) is 6.51. The topological polar surface area (TPSA) is 87.6 Å². The van der Waals surface area contributed by atoms with Crippen molar-refractivity contribution in [1.82, 2.24) is 9.97 Å². The van der Waals surface area contributed by atoms with Gasteiger partial charge in [-0.05, 0) is 59.7 Å². The van der Waals surface area contributed by atoms with E-state index >= 15 is 4.39 Å². The van der Waals surface area contributed by atoms with Crippen LogP contribution in [0.5, 0.6) is 0 Å². The van der Waals surface area contributed by atoms with Crippen molar-refractivity contribution < 1.29 is 27.8 Å². The van der Waals surface area contributed by atoms with Gasteiger partial charge in [0, 0.05) is 30.2 Å². The molecule has 2 atom stereocenters. The minimum Gasteiger partial charge on any atom is -0.384 e. The van der Waals surface area contributed by atoms with Crippen molar-refractivity contribution in [1.29, 1.82) is 0 Å². The van der Waals surface area contributed by atoms with Gasteiger partial charge in [-0.2, -0.15) is 8.78 Å². The van der Waals surface area contributed by atoms with Crippen LogP contribution in [0.4, 0.5) is 24.7 Å². The highest BCUT2D eigenvalue weighted by Gasteiger charge is 2.49.